The summed E-state index contributed by atoms with van der Waals surface area (Å²) in [7, 11) is 0. The first-order valence-electron chi connectivity index (χ1n) is 6.24. The van der Waals surface area contributed by atoms with Crippen LogP contribution >= 0.6 is 0 Å². The van der Waals surface area contributed by atoms with Gasteiger partial charge in [0.2, 0.25) is 0 Å². The second-order valence-electron chi connectivity index (χ2n) is 4.50. The van der Waals surface area contributed by atoms with Crippen LogP contribution in [-0.4, -0.2) is 5.78 Å². The van der Waals surface area contributed by atoms with Crippen LogP contribution in [0.15, 0.2) is 48.6 Å². The van der Waals surface area contributed by atoms with Crippen molar-refractivity contribution in [3.05, 3.63) is 59.7 Å². The van der Waals surface area contributed by atoms with Gasteiger partial charge >= 0.3 is 0 Å². The average Bonchev–Trinajstić information content (AvgIpc) is 2.50. The standard InChI is InChI=1S/C16H18O/c1-2-3-4-7-13-10-11-14-8-5-6-9-15(14)16(17)12-13/h2,5-6,8-9,12H,1,3-4,7,10-11H2. The molecule has 0 radical (unpaired) electrons. The molecule has 88 valence electrons. The van der Waals surface area contributed by atoms with Gasteiger partial charge in [-0.15, -0.1) is 6.58 Å². The number of unbranched alkanes of at least 4 members (excludes halogenated alkanes) is 1. The van der Waals surface area contributed by atoms with E-state index >= 15 is 0 Å². The Morgan fingerprint density at radius 3 is 2.88 bits per heavy atom. The molecule has 1 heteroatoms. The van der Waals surface area contributed by atoms with Gasteiger partial charge in [-0.2, -0.15) is 0 Å². The molecule has 0 N–H and O–H groups in total. The molecule has 0 aromatic heterocycles. The van der Waals surface area contributed by atoms with Crippen LogP contribution in [0.25, 0.3) is 0 Å². The number of rotatable bonds is 4. The maximum atomic E-state index is 12.1. The first-order valence-corrected chi connectivity index (χ1v) is 6.24. The monoisotopic (exact) mass is 226 g/mol. The Bertz CT molecular complexity index is 454. The second kappa shape index (κ2) is 5.62. The zero-order chi connectivity index (χ0) is 12.1. The smallest absolute Gasteiger partial charge is 0.186 e. The van der Waals surface area contributed by atoms with Crippen molar-refractivity contribution in [1.82, 2.24) is 0 Å². The van der Waals surface area contributed by atoms with Crippen LogP contribution in [0.4, 0.5) is 0 Å². The summed E-state index contributed by atoms with van der Waals surface area (Å²) in [5.41, 5.74) is 3.35. The summed E-state index contributed by atoms with van der Waals surface area (Å²) in [6.45, 7) is 3.72. The first-order chi connectivity index (χ1) is 8.31. The molecule has 0 bridgehead atoms. The average molecular weight is 226 g/mol. The number of fused-ring (bicyclic) bond motifs is 1. The van der Waals surface area contributed by atoms with E-state index in [2.05, 4.69) is 12.6 Å². The summed E-state index contributed by atoms with van der Waals surface area (Å²) in [4.78, 5) is 12.1. The Hall–Kier alpha value is -1.63. The van der Waals surface area contributed by atoms with Crippen LogP contribution in [0.2, 0.25) is 0 Å². The van der Waals surface area contributed by atoms with Crippen molar-refractivity contribution in [2.75, 3.05) is 0 Å². The van der Waals surface area contributed by atoms with E-state index in [0.717, 1.165) is 37.7 Å². The number of allylic oxidation sites excluding steroid dienone is 3. The molecule has 1 nitrogen and oxygen atoms in total. The minimum Gasteiger partial charge on any atom is -0.289 e. The van der Waals surface area contributed by atoms with E-state index < -0.39 is 0 Å². The van der Waals surface area contributed by atoms with Gasteiger partial charge in [0.25, 0.3) is 0 Å². The second-order valence-corrected chi connectivity index (χ2v) is 4.50. The number of hydrogen-bond acceptors (Lipinski definition) is 1. The fraction of sp³-hybridized carbons (Fsp3) is 0.312. The van der Waals surface area contributed by atoms with E-state index in [1.165, 1.54) is 11.1 Å². The zero-order valence-electron chi connectivity index (χ0n) is 10.1. The van der Waals surface area contributed by atoms with Gasteiger partial charge in [-0.1, -0.05) is 35.9 Å². The molecule has 1 aliphatic rings. The fourth-order valence-corrected chi connectivity index (χ4v) is 2.28. The lowest BCUT2D eigenvalue weighted by Gasteiger charge is -2.03. The van der Waals surface area contributed by atoms with Crippen molar-refractivity contribution in [2.24, 2.45) is 0 Å². The zero-order valence-corrected chi connectivity index (χ0v) is 10.1. The maximum Gasteiger partial charge on any atom is 0.186 e. The van der Waals surface area contributed by atoms with Crippen molar-refractivity contribution in [1.29, 1.82) is 0 Å². The Kier molecular flexibility index (Phi) is 3.92. The van der Waals surface area contributed by atoms with Crippen LogP contribution in [0.3, 0.4) is 0 Å². The minimum atomic E-state index is 0.173. The number of carbonyl (C=O) groups excluding carboxylic acids is 1. The predicted octanol–water partition coefficient (Wildman–Crippen LogP) is 4.10. The van der Waals surface area contributed by atoms with Crippen molar-refractivity contribution < 1.29 is 4.79 Å². The topological polar surface area (TPSA) is 17.1 Å². The Morgan fingerprint density at radius 1 is 1.24 bits per heavy atom. The highest BCUT2D eigenvalue weighted by atomic mass is 16.1. The van der Waals surface area contributed by atoms with Gasteiger partial charge in [-0.3, -0.25) is 4.79 Å². The van der Waals surface area contributed by atoms with Crippen molar-refractivity contribution in [3.8, 4) is 0 Å². The van der Waals surface area contributed by atoms with Gasteiger partial charge in [0.05, 0.1) is 0 Å². The largest absolute Gasteiger partial charge is 0.289 e. The Labute approximate surface area is 103 Å². The molecule has 0 heterocycles. The SMILES string of the molecule is C=CCCCC1=CC(=O)c2ccccc2CC1. The van der Waals surface area contributed by atoms with E-state index in [-0.39, 0.29) is 5.78 Å². The summed E-state index contributed by atoms with van der Waals surface area (Å²) in [6.07, 6.45) is 8.92. The highest BCUT2D eigenvalue weighted by Gasteiger charge is 2.14. The molecule has 0 aliphatic heterocycles. The number of ketones is 1. The molecule has 0 saturated carbocycles. The van der Waals surface area contributed by atoms with Crippen molar-refractivity contribution in [2.45, 2.75) is 32.1 Å². The van der Waals surface area contributed by atoms with Crippen LogP contribution < -0.4 is 0 Å². The van der Waals surface area contributed by atoms with E-state index in [1.807, 2.05) is 30.4 Å². The minimum absolute atomic E-state index is 0.173. The van der Waals surface area contributed by atoms with Gasteiger partial charge in [-0.05, 0) is 43.7 Å². The molecule has 0 unspecified atom stereocenters. The third-order valence-electron chi connectivity index (χ3n) is 3.24. The molecule has 0 amide bonds. The number of carbonyl (C=O) groups is 1. The quantitative estimate of drug-likeness (QED) is 0.558. The molecule has 0 saturated heterocycles. The van der Waals surface area contributed by atoms with Gasteiger partial charge in [0.15, 0.2) is 5.78 Å². The Balaban J connectivity index is 2.11. The molecule has 1 aliphatic carbocycles. The third kappa shape index (κ3) is 2.94. The summed E-state index contributed by atoms with van der Waals surface area (Å²) >= 11 is 0. The van der Waals surface area contributed by atoms with Gasteiger partial charge in [0, 0.05) is 5.56 Å². The predicted molar refractivity (Wildman–Crippen MR) is 71.2 cm³/mol. The van der Waals surface area contributed by atoms with Gasteiger partial charge < -0.3 is 0 Å². The molecule has 17 heavy (non-hydrogen) atoms. The van der Waals surface area contributed by atoms with Gasteiger partial charge in [-0.25, -0.2) is 0 Å². The molecule has 0 fully saturated rings. The number of aryl methyl sites for hydroxylation is 1. The molecule has 1 aromatic rings. The maximum absolute atomic E-state index is 12.1. The fourth-order valence-electron chi connectivity index (χ4n) is 2.28. The lowest BCUT2D eigenvalue weighted by Crippen LogP contribution is -1.97. The highest BCUT2D eigenvalue weighted by molar-refractivity contribution is 6.06. The van der Waals surface area contributed by atoms with Crippen molar-refractivity contribution in [3.63, 3.8) is 0 Å². The first kappa shape index (κ1) is 11.8. The highest BCUT2D eigenvalue weighted by Crippen LogP contribution is 2.23. The number of benzene rings is 1. The van der Waals surface area contributed by atoms with E-state index in [4.69, 9.17) is 0 Å². The summed E-state index contributed by atoms with van der Waals surface area (Å²) < 4.78 is 0. The summed E-state index contributed by atoms with van der Waals surface area (Å²) in [5, 5.41) is 0. The molecule has 0 atom stereocenters. The van der Waals surface area contributed by atoms with Crippen molar-refractivity contribution >= 4 is 5.78 Å². The lowest BCUT2D eigenvalue weighted by molar-refractivity contribution is 0.104. The van der Waals surface area contributed by atoms with Crippen LogP contribution in [0, 0.1) is 0 Å². The van der Waals surface area contributed by atoms with Crippen LogP contribution in [-0.2, 0) is 6.42 Å². The van der Waals surface area contributed by atoms with E-state index in [1.54, 1.807) is 0 Å². The van der Waals surface area contributed by atoms with E-state index in [9.17, 15) is 4.79 Å². The van der Waals surface area contributed by atoms with Crippen LogP contribution in [0.5, 0.6) is 0 Å². The molecular weight excluding hydrogens is 208 g/mol. The number of hydrogen-bond donors (Lipinski definition) is 0. The molecular formula is C16H18O. The molecule has 0 spiro atoms. The van der Waals surface area contributed by atoms with Crippen LogP contribution in [0.1, 0.15) is 41.6 Å². The molecule has 1 aromatic carbocycles. The lowest BCUT2D eigenvalue weighted by atomic mass is 10.0. The third-order valence-corrected chi connectivity index (χ3v) is 3.24. The molecule has 2 rings (SSSR count). The summed E-state index contributed by atoms with van der Waals surface area (Å²) in [5.74, 6) is 0.173. The van der Waals surface area contributed by atoms with E-state index in [0.29, 0.717) is 0 Å². The normalized spacial score (nSPS) is 14.8. The Morgan fingerprint density at radius 2 is 2.06 bits per heavy atom. The van der Waals surface area contributed by atoms with Gasteiger partial charge in [0.1, 0.15) is 0 Å². The summed E-state index contributed by atoms with van der Waals surface area (Å²) in [6, 6.07) is 7.94.